The third kappa shape index (κ3) is 30.3. The fourth-order valence-electron chi connectivity index (χ4n) is 4.89. The summed E-state index contributed by atoms with van der Waals surface area (Å²) < 4.78 is 9.09. The van der Waals surface area contributed by atoms with E-state index in [1.165, 1.54) is 99.3 Å². The lowest BCUT2D eigenvalue weighted by molar-refractivity contribution is 0.282. The van der Waals surface area contributed by atoms with E-state index >= 15 is 0 Å². The Labute approximate surface area is 290 Å². The Kier molecular flexibility index (Phi) is 33.8. The summed E-state index contributed by atoms with van der Waals surface area (Å²) in [5, 5.41) is 17.4. The predicted octanol–water partition coefficient (Wildman–Crippen LogP) is 11.3. The molecule has 0 fully saturated rings. The fourth-order valence-corrected chi connectivity index (χ4v) is 5.27. The first kappa shape index (κ1) is 43.7. The van der Waals surface area contributed by atoms with Gasteiger partial charge in [0.1, 0.15) is 0 Å². The number of unbranched alkanes of at least 4 members (excludes halogenated alkanes) is 12. The first-order valence-corrected chi connectivity index (χ1v) is 20.6. The second-order valence-corrected chi connectivity index (χ2v) is 14.6. The zero-order chi connectivity index (χ0) is 32.5. The van der Waals surface area contributed by atoms with Crippen molar-refractivity contribution >= 4 is 53.8 Å². The summed E-state index contributed by atoms with van der Waals surface area (Å²) in [6, 6.07) is 18.2. The molecule has 2 aromatic rings. The Morgan fingerprint density at radius 3 is 0.818 bits per heavy atom. The first-order valence-electron chi connectivity index (χ1n) is 16.7. The number of aliphatic hydroxyl groups is 2. The van der Waals surface area contributed by atoms with E-state index in [0.717, 1.165) is 63.1 Å². The summed E-state index contributed by atoms with van der Waals surface area (Å²) in [6.07, 6.45) is 23.8. The Balaban J connectivity index is 0.000000749. The van der Waals surface area contributed by atoms with Gasteiger partial charge in [-0.15, -0.1) is 23.2 Å². The molecule has 8 heteroatoms. The maximum atomic E-state index is 9.09. The fraction of sp³-hybridized carbons (Fsp3) is 0.667. The molecular weight excluding hydrogens is 654 g/mol. The van der Waals surface area contributed by atoms with Gasteiger partial charge in [-0.25, -0.2) is 4.21 Å². The Morgan fingerprint density at radius 1 is 0.409 bits per heavy atom. The van der Waals surface area contributed by atoms with Crippen LogP contribution in [0.25, 0.3) is 0 Å². The highest BCUT2D eigenvalue weighted by atomic mass is 36.0. The van der Waals surface area contributed by atoms with Crippen LogP contribution in [0, 0.1) is 0 Å². The van der Waals surface area contributed by atoms with Gasteiger partial charge in [-0.05, 0) is 99.3 Å². The van der Waals surface area contributed by atoms with Gasteiger partial charge in [-0.3, -0.25) is 0 Å². The van der Waals surface area contributed by atoms with Gasteiger partial charge in [0, 0.05) is 46.3 Å². The third-order valence-corrected chi connectivity index (χ3v) is 8.03. The average molecular weight is 713 g/mol. The van der Waals surface area contributed by atoms with Gasteiger partial charge in [0.2, 0.25) is 9.23 Å². The van der Waals surface area contributed by atoms with Crippen LogP contribution in [0.3, 0.4) is 0 Å². The minimum Gasteiger partial charge on any atom is -0.396 e. The molecule has 254 valence electrons. The number of benzene rings is 2. The summed E-state index contributed by atoms with van der Waals surface area (Å²) >= 11 is 11.4. The molecule has 44 heavy (non-hydrogen) atoms. The van der Waals surface area contributed by atoms with E-state index in [1.54, 1.807) is 0 Å². The summed E-state index contributed by atoms with van der Waals surface area (Å²) in [6.45, 7) is 0.653. The molecule has 0 unspecified atom stereocenters. The molecule has 2 N–H and O–H groups in total. The number of hydrogen-bond donors (Lipinski definition) is 2. The monoisotopic (exact) mass is 710 g/mol. The highest BCUT2D eigenvalue weighted by Crippen LogP contribution is 2.14. The van der Waals surface area contributed by atoms with Crippen molar-refractivity contribution in [1.29, 1.82) is 0 Å². The molecule has 0 aliphatic carbocycles. The van der Waals surface area contributed by atoms with Gasteiger partial charge in [-0.2, -0.15) is 0 Å². The number of aryl methyl sites for hydroxylation is 4. The molecule has 0 aliphatic heterocycles. The quantitative estimate of drug-likeness (QED) is 0.0647. The smallest absolute Gasteiger partial charge is 0.211 e. The highest BCUT2D eigenvalue weighted by molar-refractivity contribution is 8.26. The Bertz CT molecular complexity index is 744. The van der Waals surface area contributed by atoms with Crippen molar-refractivity contribution in [3.05, 3.63) is 70.8 Å². The van der Waals surface area contributed by atoms with Crippen LogP contribution in [0.15, 0.2) is 48.5 Å². The Morgan fingerprint density at radius 2 is 0.614 bits per heavy atom. The highest BCUT2D eigenvalue weighted by Gasteiger charge is 1.99. The second kappa shape index (κ2) is 34.0. The molecule has 2 rings (SSSR count). The van der Waals surface area contributed by atoms with Crippen molar-refractivity contribution < 1.29 is 14.4 Å². The normalized spacial score (nSPS) is 10.7. The molecule has 0 atom stereocenters. The SMILES string of the molecule is ClCCCCCCc1ccc(CCCCCCCl)cc1.O=S(Cl)Cl.OCCCCCCc1ccc(CCCCCCO)cc1. The van der Waals surface area contributed by atoms with E-state index < -0.39 is 9.23 Å². The van der Waals surface area contributed by atoms with Crippen LogP contribution >= 0.6 is 44.6 Å². The third-order valence-electron chi connectivity index (χ3n) is 7.49. The van der Waals surface area contributed by atoms with Gasteiger partial charge in [0.15, 0.2) is 0 Å². The summed E-state index contributed by atoms with van der Waals surface area (Å²) in [7, 11) is 7.36. The number of halogens is 4. The van der Waals surface area contributed by atoms with Gasteiger partial charge < -0.3 is 10.2 Å². The van der Waals surface area contributed by atoms with Gasteiger partial charge >= 0.3 is 0 Å². The zero-order valence-corrected chi connectivity index (χ0v) is 30.7. The molecule has 0 amide bonds. The average Bonchev–Trinajstić information content (AvgIpc) is 3.02. The summed E-state index contributed by atoms with van der Waals surface area (Å²) in [5.74, 6) is 1.61. The second-order valence-electron chi connectivity index (χ2n) is 11.3. The van der Waals surface area contributed by atoms with E-state index in [9.17, 15) is 0 Å². The van der Waals surface area contributed by atoms with E-state index in [2.05, 4.69) is 69.9 Å². The Hall–Kier alpha value is -0.330. The molecule has 0 radical (unpaired) electrons. The van der Waals surface area contributed by atoms with Crippen LogP contribution in [0.2, 0.25) is 0 Å². The minimum absolute atomic E-state index is 0.326. The van der Waals surface area contributed by atoms with Crippen molar-refractivity contribution in [3.8, 4) is 0 Å². The van der Waals surface area contributed by atoms with Crippen LogP contribution in [0.4, 0.5) is 0 Å². The van der Waals surface area contributed by atoms with Crippen LogP contribution < -0.4 is 0 Å². The molecule has 0 aromatic heterocycles. The van der Waals surface area contributed by atoms with Crippen molar-refractivity contribution in [1.82, 2.24) is 0 Å². The molecule has 0 spiro atoms. The molecule has 0 aliphatic rings. The lowest BCUT2D eigenvalue weighted by Crippen LogP contribution is -1.90. The van der Waals surface area contributed by atoms with Crippen molar-refractivity contribution in [3.63, 3.8) is 0 Å². The van der Waals surface area contributed by atoms with Crippen molar-refractivity contribution in [2.24, 2.45) is 0 Å². The van der Waals surface area contributed by atoms with Gasteiger partial charge in [-0.1, -0.05) is 99.9 Å². The zero-order valence-electron chi connectivity index (χ0n) is 26.8. The minimum atomic E-state index is -1.67. The van der Waals surface area contributed by atoms with E-state index in [0.29, 0.717) is 13.2 Å². The molecule has 0 bridgehead atoms. The van der Waals surface area contributed by atoms with Gasteiger partial charge in [0.25, 0.3) is 0 Å². The number of rotatable bonds is 24. The summed E-state index contributed by atoms with van der Waals surface area (Å²) in [5.41, 5.74) is 5.81. The van der Waals surface area contributed by atoms with E-state index in [1.807, 2.05) is 0 Å². The van der Waals surface area contributed by atoms with E-state index in [-0.39, 0.29) is 0 Å². The van der Waals surface area contributed by atoms with Gasteiger partial charge in [0.05, 0.1) is 0 Å². The molecular formula is C36H58Cl4O3S. The molecule has 0 heterocycles. The number of aliphatic hydroxyl groups excluding tert-OH is 2. The standard InChI is InChI=1S/C18H28Cl2.C18H30O2.Cl2OS/c2*19-15-7-3-1-5-9-17-11-13-18(14-12-17)10-6-2-4-8-16-20;1-4(2)3/h11-14H,1-10,15-16H2;11-14,19-20H,1-10,15-16H2;. The van der Waals surface area contributed by atoms with Crippen LogP contribution in [-0.2, 0) is 34.9 Å². The maximum absolute atomic E-state index is 9.09. The van der Waals surface area contributed by atoms with Crippen LogP contribution in [-0.4, -0.2) is 39.4 Å². The van der Waals surface area contributed by atoms with Crippen molar-refractivity contribution in [2.75, 3.05) is 25.0 Å². The first-order chi connectivity index (χ1) is 21.5. The summed E-state index contributed by atoms with van der Waals surface area (Å²) in [4.78, 5) is 0. The lowest BCUT2D eigenvalue weighted by atomic mass is 10.0. The van der Waals surface area contributed by atoms with Crippen molar-refractivity contribution in [2.45, 2.75) is 128 Å². The topological polar surface area (TPSA) is 57.5 Å². The lowest BCUT2D eigenvalue weighted by Gasteiger charge is -2.05. The number of alkyl halides is 2. The molecule has 0 saturated heterocycles. The maximum Gasteiger partial charge on any atom is 0.211 e. The molecule has 0 saturated carbocycles. The van der Waals surface area contributed by atoms with Crippen LogP contribution in [0.5, 0.6) is 0 Å². The van der Waals surface area contributed by atoms with Crippen LogP contribution in [0.1, 0.15) is 125 Å². The number of hydrogen-bond acceptors (Lipinski definition) is 3. The largest absolute Gasteiger partial charge is 0.396 e. The predicted molar refractivity (Wildman–Crippen MR) is 197 cm³/mol. The molecule has 3 nitrogen and oxygen atoms in total. The molecule has 2 aromatic carbocycles. The van der Waals surface area contributed by atoms with E-state index in [4.69, 9.17) is 37.6 Å².